The first-order valence-corrected chi connectivity index (χ1v) is 4.55. The van der Waals surface area contributed by atoms with Crippen molar-refractivity contribution in [3.05, 3.63) is 0 Å². The average Bonchev–Trinajstić information content (AvgIpc) is 2.65. The summed E-state index contributed by atoms with van der Waals surface area (Å²) in [5.41, 5.74) is 6.54. The third kappa shape index (κ3) is 1.09. The third-order valence-corrected chi connectivity index (χ3v) is 3.25. The van der Waals surface area contributed by atoms with E-state index in [0.717, 1.165) is 0 Å². The van der Waals surface area contributed by atoms with Crippen LogP contribution in [0, 0.1) is 5.41 Å². The zero-order valence-corrected chi connectivity index (χ0v) is 7.34. The van der Waals surface area contributed by atoms with Gasteiger partial charge in [-0.2, -0.15) is 0 Å². The predicted molar refractivity (Wildman–Crippen MR) is 44.3 cm³/mol. The third-order valence-electron chi connectivity index (χ3n) is 3.25. The normalized spacial score (nSPS) is 47.7. The minimum absolute atomic E-state index is 0.265. The lowest BCUT2D eigenvalue weighted by Gasteiger charge is -2.38. The Hall–Kier alpha value is -0.0800. The van der Waals surface area contributed by atoms with Gasteiger partial charge in [0.05, 0.1) is 12.2 Å². The highest BCUT2D eigenvalue weighted by molar-refractivity contribution is 5.06. The van der Waals surface area contributed by atoms with Gasteiger partial charge in [-0.15, -0.1) is 0 Å². The molecule has 0 aromatic heterocycles. The summed E-state index contributed by atoms with van der Waals surface area (Å²) in [6.45, 7) is 4.25. The van der Waals surface area contributed by atoms with Crippen LogP contribution in [0.2, 0.25) is 0 Å². The van der Waals surface area contributed by atoms with Gasteiger partial charge in [-0.05, 0) is 38.5 Å². The summed E-state index contributed by atoms with van der Waals surface area (Å²) >= 11 is 0. The highest BCUT2D eigenvalue weighted by atomic mass is 16.5. The number of rotatable bonds is 0. The van der Waals surface area contributed by atoms with E-state index in [9.17, 15) is 0 Å². The van der Waals surface area contributed by atoms with Crippen LogP contribution >= 0.6 is 0 Å². The van der Waals surface area contributed by atoms with Gasteiger partial charge in [0, 0.05) is 6.04 Å². The van der Waals surface area contributed by atoms with E-state index >= 15 is 0 Å². The highest BCUT2D eigenvalue weighted by Gasteiger charge is 2.53. The standard InChI is InChI=1S/C9H17NO/c1-6-5-9(3-4-9)8(10)7(2)11-6/h6-8H,3-5,10H2,1-2H3/t6-,7-,8-/m0/s1. The monoisotopic (exact) mass is 155 g/mol. The van der Waals surface area contributed by atoms with Gasteiger partial charge in [0.15, 0.2) is 0 Å². The Morgan fingerprint density at radius 1 is 1.36 bits per heavy atom. The molecule has 2 heteroatoms. The molecule has 0 amide bonds. The molecular formula is C9H17NO. The SMILES string of the molecule is C[C@@H]1O[C@@H](C)CC2(CC2)[C@H]1N. The minimum Gasteiger partial charge on any atom is -0.374 e. The quantitative estimate of drug-likeness (QED) is 0.572. The van der Waals surface area contributed by atoms with Gasteiger partial charge >= 0.3 is 0 Å². The van der Waals surface area contributed by atoms with Gasteiger partial charge in [0.25, 0.3) is 0 Å². The molecule has 1 spiro atoms. The Morgan fingerprint density at radius 3 is 2.55 bits per heavy atom. The summed E-state index contributed by atoms with van der Waals surface area (Å²) in [6.07, 6.45) is 4.52. The van der Waals surface area contributed by atoms with Gasteiger partial charge in [-0.3, -0.25) is 0 Å². The highest BCUT2D eigenvalue weighted by Crippen LogP contribution is 2.55. The van der Waals surface area contributed by atoms with E-state index in [-0.39, 0.29) is 6.10 Å². The fourth-order valence-corrected chi connectivity index (χ4v) is 2.40. The molecule has 2 fully saturated rings. The van der Waals surface area contributed by atoms with E-state index in [0.29, 0.717) is 17.6 Å². The molecule has 0 radical (unpaired) electrons. The van der Waals surface area contributed by atoms with Crippen LogP contribution in [0.4, 0.5) is 0 Å². The number of ether oxygens (including phenoxy) is 1. The van der Waals surface area contributed by atoms with Crippen molar-refractivity contribution in [1.82, 2.24) is 0 Å². The summed E-state index contributed by atoms with van der Waals surface area (Å²) in [5.74, 6) is 0. The van der Waals surface area contributed by atoms with Crippen molar-refractivity contribution in [2.24, 2.45) is 11.1 Å². The summed E-state index contributed by atoms with van der Waals surface area (Å²) < 4.78 is 5.65. The second-order valence-electron chi connectivity index (χ2n) is 4.24. The van der Waals surface area contributed by atoms with Crippen LogP contribution in [0.15, 0.2) is 0 Å². The average molecular weight is 155 g/mol. The van der Waals surface area contributed by atoms with Crippen molar-refractivity contribution in [3.8, 4) is 0 Å². The molecule has 2 N–H and O–H groups in total. The van der Waals surface area contributed by atoms with Crippen LogP contribution in [0.25, 0.3) is 0 Å². The minimum atomic E-state index is 0.265. The molecule has 64 valence electrons. The van der Waals surface area contributed by atoms with Crippen LogP contribution in [0.5, 0.6) is 0 Å². The lowest BCUT2D eigenvalue weighted by atomic mass is 9.85. The molecule has 1 saturated heterocycles. The van der Waals surface area contributed by atoms with Crippen LogP contribution in [-0.2, 0) is 4.74 Å². The van der Waals surface area contributed by atoms with E-state index in [1.54, 1.807) is 0 Å². The second-order valence-corrected chi connectivity index (χ2v) is 4.24. The Morgan fingerprint density at radius 2 is 2.00 bits per heavy atom. The zero-order chi connectivity index (χ0) is 8.06. The molecule has 0 unspecified atom stereocenters. The van der Waals surface area contributed by atoms with E-state index in [1.165, 1.54) is 19.3 Å². The van der Waals surface area contributed by atoms with E-state index in [1.807, 2.05) is 0 Å². The Labute approximate surface area is 68.1 Å². The van der Waals surface area contributed by atoms with Crippen LogP contribution in [0.3, 0.4) is 0 Å². The summed E-state index contributed by atoms with van der Waals surface area (Å²) in [6, 6.07) is 0.290. The van der Waals surface area contributed by atoms with Crippen molar-refractivity contribution in [2.75, 3.05) is 0 Å². The van der Waals surface area contributed by atoms with Crippen molar-refractivity contribution < 1.29 is 4.74 Å². The van der Waals surface area contributed by atoms with Crippen molar-refractivity contribution >= 4 is 0 Å². The molecule has 0 aromatic carbocycles. The van der Waals surface area contributed by atoms with Gasteiger partial charge in [-0.25, -0.2) is 0 Å². The largest absolute Gasteiger partial charge is 0.374 e. The predicted octanol–water partition coefficient (Wildman–Crippen LogP) is 1.29. The lowest BCUT2D eigenvalue weighted by Crippen LogP contribution is -2.49. The zero-order valence-electron chi connectivity index (χ0n) is 7.34. The number of hydrogen-bond acceptors (Lipinski definition) is 2. The molecule has 0 bridgehead atoms. The molecular weight excluding hydrogens is 138 g/mol. The molecule has 1 saturated carbocycles. The fourth-order valence-electron chi connectivity index (χ4n) is 2.40. The maximum atomic E-state index is 6.06. The van der Waals surface area contributed by atoms with Crippen molar-refractivity contribution in [2.45, 2.75) is 51.4 Å². The Bertz CT molecular complexity index is 165. The summed E-state index contributed by atoms with van der Waals surface area (Å²) in [5, 5.41) is 0. The van der Waals surface area contributed by atoms with Gasteiger partial charge < -0.3 is 10.5 Å². The summed E-state index contributed by atoms with van der Waals surface area (Å²) in [7, 11) is 0. The van der Waals surface area contributed by atoms with E-state index in [4.69, 9.17) is 10.5 Å². The topological polar surface area (TPSA) is 35.2 Å². The van der Waals surface area contributed by atoms with E-state index in [2.05, 4.69) is 13.8 Å². The second kappa shape index (κ2) is 2.20. The molecule has 1 heterocycles. The van der Waals surface area contributed by atoms with Gasteiger partial charge in [0.2, 0.25) is 0 Å². The van der Waals surface area contributed by atoms with Gasteiger partial charge in [-0.1, -0.05) is 0 Å². The molecule has 2 rings (SSSR count). The van der Waals surface area contributed by atoms with Crippen LogP contribution < -0.4 is 5.73 Å². The van der Waals surface area contributed by atoms with E-state index < -0.39 is 0 Å². The number of nitrogens with two attached hydrogens (primary N) is 1. The maximum Gasteiger partial charge on any atom is 0.0706 e. The van der Waals surface area contributed by atoms with Gasteiger partial charge in [0.1, 0.15) is 0 Å². The first kappa shape index (κ1) is 7.56. The fraction of sp³-hybridized carbons (Fsp3) is 1.00. The van der Waals surface area contributed by atoms with Crippen molar-refractivity contribution in [1.29, 1.82) is 0 Å². The molecule has 1 aliphatic heterocycles. The van der Waals surface area contributed by atoms with Crippen LogP contribution in [0.1, 0.15) is 33.1 Å². The summed E-state index contributed by atoms with van der Waals surface area (Å²) in [4.78, 5) is 0. The Balaban J connectivity index is 2.10. The van der Waals surface area contributed by atoms with Crippen molar-refractivity contribution in [3.63, 3.8) is 0 Å². The smallest absolute Gasteiger partial charge is 0.0706 e. The molecule has 3 atom stereocenters. The first-order valence-electron chi connectivity index (χ1n) is 4.55. The molecule has 0 aromatic rings. The molecule has 2 aliphatic rings. The Kier molecular flexibility index (Phi) is 1.52. The maximum absolute atomic E-state index is 6.06. The first-order chi connectivity index (χ1) is 5.14. The molecule has 1 aliphatic carbocycles. The molecule has 11 heavy (non-hydrogen) atoms. The van der Waals surface area contributed by atoms with Crippen LogP contribution in [-0.4, -0.2) is 18.2 Å². The number of hydrogen-bond donors (Lipinski definition) is 1. The molecule has 2 nitrogen and oxygen atoms in total. The lowest BCUT2D eigenvalue weighted by molar-refractivity contribution is -0.0729.